The molecule has 2 unspecified atom stereocenters. The Bertz CT molecular complexity index is 534. The number of fused-ring (bicyclic) bond motifs is 2. The lowest BCUT2D eigenvalue weighted by molar-refractivity contribution is 0.254. The molecule has 2 fully saturated rings. The van der Waals surface area contributed by atoms with E-state index in [9.17, 15) is 4.39 Å². The van der Waals surface area contributed by atoms with Crippen LogP contribution in [0.4, 0.5) is 10.1 Å². The van der Waals surface area contributed by atoms with Gasteiger partial charge in [0.15, 0.2) is 0 Å². The molecule has 0 spiro atoms. The first kappa shape index (κ1) is 13.8. The van der Waals surface area contributed by atoms with Crippen LogP contribution in [0.5, 0.6) is 0 Å². The number of hydrogen-bond donors (Lipinski definition) is 1. The Hall–Kier alpha value is -1.20. The van der Waals surface area contributed by atoms with Gasteiger partial charge < -0.3 is 10.6 Å². The van der Waals surface area contributed by atoms with Gasteiger partial charge in [-0.15, -0.1) is 0 Å². The fourth-order valence-electron chi connectivity index (χ4n) is 3.44. The summed E-state index contributed by atoms with van der Waals surface area (Å²) in [6, 6.07) is 6.45. The van der Waals surface area contributed by atoms with Crippen LogP contribution in [-0.4, -0.2) is 42.1 Å². The van der Waals surface area contributed by atoms with Crippen LogP contribution in [0.3, 0.4) is 0 Å². The fourth-order valence-corrected chi connectivity index (χ4v) is 3.61. The molecular formula is C15H20FN3S. The summed E-state index contributed by atoms with van der Waals surface area (Å²) in [7, 11) is 2.21. The molecule has 2 aliphatic heterocycles. The molecule has 1 aromatic rings. The van der Waals surface area contributed by atoms with Gasteiger partial charge >= 0.3 is 0 Å². The summed E-state index contributed by atoms with van der Waals surface area (Å²) in [5.74, 6) is -0.322. The Morgan fingerprint density at radius 3 is 2.75 bits per heavy atom. The van der Waals surface area contributed by atoms with Crippen molar-refractivity contribution in [3.05, 3.63) is 29.6 Å². The largest absolute Gasteiger partial charge is 0.389 e. The molecule has 0 saturated carbocycles. The fraction of sp³-hybridized carbons (Fsp3) is 0.533. The summed E-state index contributed by atoms with van der Waals surface area (Å²) in [5.41, 5.74) is 6.77. The molecule has 0 amide bonds. The van der Waals surface area contributed by atoms with Gasteiger partial charge in [0.05, 0.1) is 0 Å². The Kier molecular flexibility index (Phi) is 3.65. The maximum absolute atomic E-state index is 14.0. The number of nitrogens with two attached hydrogens (primary N) is 1. The summed E-state index contributed by atoms with van der Waals surface area (Å²) < 4.78 is 14.0. The van der Waals surface area contributed by atoms with Gasteiger partial charge in [-0.05, 0) is 44.5 Å². The number of halogens is 1. The molecule has 3 nitrogen and oxygen atoms in total. The molecule has 1 aromatic carbocycles. The van der Waals surface area contributed by atoms with Gasteiger partial charge in [0, 0.05) is 36.4 Å². The number of likely N-dealkylation sites (N-methyl/N-ethyl adjacent to an activating group) is 1. The van der Waals surface area contributed by atoms with Gasteiger partial charge in [0.2, 0.25) is 0 Å². The predicted molar refractivity (Wildman–Crippen MR) is 83.7 cm³/mol. The summed E-state index contributed by atoms with van der Waals surface area (Å²) in [5, 5.41) is 0. The van der Waals surface area contributed by atoms with Crippen molar-refractivity contribution in [1.82, 2.24) is 4.90 Å². The molecule has 0 aliphatic carbocycles. The number of hydrogen-bond acceptors (Lipinski definition) is 3. The normalized spacial score (nSPS) is 26.6. The molecule has 2 atom stereocenters. The van der Waals surface area contributed by atoms with Crippen LogP contribution < -0.4 is 10.6 Å². The number of nitrogens with zero attached hydrogens (tertiary/aromatic N) is 2. The van der Waals surface area contributed by atoms with Crippen molar-refractivity contribution < 1.29 is 4.39 Å². The lowest BCUT2D eigenvalue weighted by Crippen LogP contribution is -2.36. The van der Waals surface area contributed by atoms with Crippen molar-refractivity contribution >= 4 is 22.9 Å². The molecule has 20 heavy (non-hydrogen) atoms. The standard InChI is InChI=1S/C15H20FN3S/c1-18-10-2-3-12(18)9-19(7-6-10)11-4-5-13(15(17)20)14(16)8-11/h4-5,8,10,12H,2-3,6-7,9H2,1H3,(H2,17,20). The molecule has 0 radical (unpaired) electrons. The minimum atomic E-state index is -0.322. The lowest BCUT2D eigenvalue weighted by atomic mass is 10.1. The minimum absolute atomic E-state index is 0.115. The second-order valence-corrected chi connectivity index (χ2v) is 6.25. The number of benzene rings is 1. The molecule has 2 aliphatic rings. The molecule has 3 rings (SSSR count). The third-order valence-corrected chi connectivity index (χ3v) is 4.95. The monoisotopic (exact) mass is 293 g/mol. The lowest BCUT2D eigenvalue weighted by Gasteiger charge is -2.27. The van der Waals surface area contributed by atoms with Gasteiger partial charge in [0.1, 0.15) is 10.8 Å². The van der Waals surface area contributed by atoms with Crippen LogP contribution in [0, 0.1) is 5.82 Å². The van der Waals surface area contributed by atoms with E-state index in [4.69, 9.17) is 18.0 Å². The van der Waals surface area contributed by atoms with Gasteiger partial charge in [-0.2, -0.15) is 0 Å². The second-order valence-electron chi connectivity index (χ2n) is 5.81. The van der Waals surface area contributed by atoms with Crippen molar-refractivity contribution in [2.24, 2.45) is 5.73 Å². The predicted octanol–water partition coefficient (Wildman–Crippen LogP) is 2.13. The Balaban J connectivity index is 1.83. The zero-order chi connectivity index (χ0) is 14.3. The van der Waals surface area contributed by atoms with Gasteiger partial charge in [-0.25, -0.2) is 4.39 Å². The van der Waals surface area contributed by atoms with Crippen molar-refractivity contribution in [1.29, 1.82) is 0 Å². The molecule has 108 valence electrons. The SMILES string of the molecule is CN1C2CCC1CN(c1ccc(C(N)=S)c(F)c1)CC2. The molecule has 2 heterocycles. The first-order valence-corrected chi connectivity index (χ1v) is 7.53. The van der Waals surface area contributed by atoms with E-state index in [2.05, 4.69) is 16.8 Å². The van der Waals surface area contributed by atoms with Crippen molar-refractivity contribution in [2.45, 2.75) is 31.3 Å². The topological polar surface area (TPSA) is 32.5 Å². The molecule has 2 bridgehead atoms. The van der Waals surface area contributed by atoms with Crippen molar-refractivity contribution in [3.63, 3.8) is 0 Å². The molecule has 2 N–H and O–H groups in total. The first-order chi connectivity index (χ1) is 9.56. The van der Waals surface area contributed by atoms with Crippen LogP contribution in [0.25, 0.3) is 0 Å². The van der Waals surface area contributed by atoms with Crippen LogP contribution in [0.2, 0.25) is 0 Å². The zero-order valence-corrected chi connectivity index (χ0v) is 12.5. The maximum atomic E-state index is 14.0. The van der Waals surface area contributed by atoms with E-state index in [1.807, 2.05) is 6.07 Å². The Morgan fingerprint density at radius 2 is 2.05 bits per heavy atom. The Labute approximate surface area is 124 Å². The van der Waals surface area contributed by atoms with Crippen molar-refractivity contribution in [3.8, 4) is 0 Å². The molecule has 5 heteroatoms. The third-order valence-electron chi connectivity index (χ3n) is 4.73. The van der Waals surface area contributed by atoms with Crippen LogP contribution in [0.1, 0.15) is 24.8 Å². The highest BCUT2D eigenvalue weighted by molar-refractivity contribution is 7.80. The van der Waals surface area contributed by atoms with Crippen LogP contribution in [-0.2, 0) is 0 Å². The minimum Gasteiger partial charge on any atom is -0.389 e. The van der Waals surface area contributed by atoms with Gasteiger partial charge in [-0.1, -0.05) is 12.2 Å². The van der Waals surface area contributed by atoms with E-state index in [1.54, 1.807) is 12.1 Å². The first-order valence-electron chi connectivity index (χ1n) is 7.12. The van der Waals surface area contributed by atoms with Gasteiger partial charge in [0.25, 0.3) is 0 Å². The maximum Gasteiger partial charge on any atom is 0.135 e. The summed E-state index contributed by atoms with van der Waals surface area (Å²) in [6.07, 6.45) is 3.68. The van der Waals surface area contributed by atoms with Crippen molar-refractivity contribution in [2.75, 3.05) is 25.0 Å². The van der Waals surface area contributed by atoms with E-state index in [-0.39, 0.29) is 10.8 Å². The van der Waals surface area contributed by atoms with Crippen LogP contribution in [0.15, 0.2) is 18.2 Å². The van der Waals surface area contributed by atoms with E-state index in [0.29, 0.717) is 17.6 Å². The highest BCUT2D eigenvalue weighted by Crippen LogP contribution is 2.31. The van der Waals surface area contributed by atoms with E-state index in [0.717, 1.165) is 25.2 Å². The second kappa shape index (κ2) is 5.30. The van der Waals surface area contributed by atoms with E-state index >= 15 is 0 Å². The average molecular weight is 293 g/mol. The molecule has 2 saturated heterocycles. The number of thiocarbonyl (C=S) groups is 1. The summed E-state index contributed by atoms with van der Waals surface area (Å²) >= 11 is 4.85. The quantitative estimate of drug-likeness (QED) is 0.847. The average Bonchev–Trinajstić information content (AvgIpc) is 2.62. The molecule has 0 aromatic heterocycles. The zero-order valence-electron chi connectivity index (χ0n) is 11.7. The van der Waals surface area contributed by atoms with E-state index < -0.39 is 0 Å². The van der Waals surface area contributed by atoms with Crippen LogP contribution >= 0.6 is 12.2 Å². The number of rotatable bonds is 2. The highest BCUT2D eigenvalue weighted by atomic mass is 32.1. The summed E-state index contributed by atoms with van der Waals surface area (Å²) in [4.78, 5) is 4.88. The molecular weight excluding hydrogens is 273 g/mol. The summed E-state index contributed by atoms with van der Waals surface area (Å²) in [6.45, 7) is 1.95. The van der Waals surface area contributed by atoms with E-state index in [1.165, 1.54) is 12.8 Å². The Morgan fingerprint density at radius 1 is 1.30 bits per heavy atom. The smallest absolute Gasteiger partial charge is 0.135 e. The highest BCUT2D eigenvalue weighted by Gasteiger charge is 2.34. The third kappa shape index (κ3) is 2.40. The number of anilines is 1. The van der Waals surface area contributed by atoms with Gasteiger partial charge in [-0.3, -0.25) is 4.90 Å².